The molecule has 0 amide bonds. The van der Waals surface area contributed by atoms with Crippen LogP contribution in [0, 0.1) is 17.1 Å². The maximum atomic E-state index is 12.8. The normalized spacial score (nSPS) is 12.7. The van der Waals surface area contributed by atoms with E-state index in [1.54, 1.807) is 6.07 Å². The van der Waals surface area contributed by atoms with Crippen molar-refractivity contribution < 1.29 is 12.8 Å². The van der Waals surface area contributed by atoms with Gasteiger partial charge < -0.3 is 0 Å². The minimum absolute atomic E-state index is 0.152. The van der Waals surface area contributed by atoms with Gasteiger partial charge in [0.15, 0.2) is 10.4 Å². The van der Waals surface area contributed by atoms with Crippen molar-refractivity contribution >= 4 is 21.4 Å². The Kier molecular flexibility index (Phi) is 3.97. The van der Waals surface area contributed by atoms with E-state index in [9.17, 15) is 12.8 Å². The van der Waals surface area contributed by atoms with E-state index in [4.69, 9.17) is 16.9 Å². The second-order valence-corrected chi connectivity index (χ2v) is 6.13. The summed E-state index contributed by atoms with van der Waals surface area (Å²) in [7, 11) is -4.06. The van der Waals surface area contributed by atoms with Crippen LogP contribution in [0.15, 0.2) is 41.6 Å². The van der Waals surface area contributed by atoms with Gasteiger partial charge in [0.2, 0.25) is 9.84 Å². The van der Waals surface area contributed by atoms with Crippen LogP contribution in [0.25, 0.3) is 0 Å². The van der Waals surface area contributed by atoms with Gasteiger partial charge in [-0.15, -0.1) is 0 Å². The van der Waals surface area contributed by atoms with Gasteiger partial charge in [-0.05, 0) is 24.3 Å². The summed E-state index contributed by atoms with van der Waals surface area (Å²) in [5.74, 6) is -0.574. The smallest absolute Gasteiger partial charge is 0.200 e. The average Bonchev–Trinajstić information content (AvgIpc) is 2.42. The van der Waals surface area contributed by atoms with Gasteiger partial charge in [-0.1, -0.05) is 11.6 Å². The molecule has 0 fully saturated rings. The molecule has 5 nitrogen and oxygen atoms in total. The molecular formula is C12H7ClFN3O2S. The Balaban J connectivity index is 2.55. The molecule has 20 heavy (non-hydrogen) atoms. The van der Waals surface area contributed by atoms with E-state index in [0.29, 0.717) is 0 Å². The lowest BCUT2D eigenvalue weighted by Crippen LogP contribution is -2.14. The second-order valence-electron chi connectivity index (χ2n) is 3.74. The molecule has 8 heteroatoms. The fraction of sp³-hybridized carbons (Fsp3) is 0.0833. The predicted octanol–water partition coefficient (Wildman–Crippen LogP) is 2.31. The highest BCUT2D eigenvalue weighted by Crippen LogP contribution is 2.30. The van der Waals surface area contributed by atoms with E-state index < -0.39 is 20.9 Å². The number of rotatable bonds is 3. The number of nitrogens with zero attached hydrogens (tertiary/aromatic N) is 3. The van der Waals surface area contributed by atoms with Crippen molar-refractivity contribution in [1.29, 1.82) is 5.26 Å². The van der Waals surface area contributed by atoms with Gasteiger partial charge in [0.05, 0.1) is 11.0 Å². The summed E-state index contributed by atoms with van der Waals surface area (Å²) >= 11 is 5.77. The first kappa shape index (κ1) is 14.4. The predicted molar refractivity (Wildman–Crippen MR) is 69.0 cm³/mol. The molecule has 102 valence electrons. The van der Waals surface area contributed by atoms with Crippen LogP contribution in [0.4, 0.5) is 4.39 Å². The van der Waals surface area contributed by atoms with Gasteiger partial charge in [-0.25, -0.2) is 17.8 Å². The molecule has 1 aromatic heterocycles. The lowest BCUT2D eigenvalue weighted by atomic mass is 10.3. The van der Waals surface area contributed by atoms with E-state index >= 15 is 0 Å². The number of benzene rings is 1. The third kappa shape index (κ3) is 2.61. The van der Waals surface area contributed by atoms with E-state index in [1.165, 1.54) is 12.4 Å². The molecule has 0 aliphatic heterocycles. The zero-order chi connectivity index (χ0) is 14.8. The van der Waals surface area contributed by atoms with Crippen LogP contribution in [-0.4, -0.2) is 18.4 Å². The molecule has 1 aromatic carbocycles. The zero-order valence-electron chi connectivity index (χ0n) is 9.86. The Morgan fingerprint density at radius 2 is 1.80 bits per heavy atom. The van der Waals surface area contributed by atoms with Crippen LogP contribution in [0.1, 0.15) is 10.9 Å². The van der Waals surface area contributed by atoms with Gasteiger partial charge in [0, 0.05) is 12.4 Å². The van der Waals surface area contributed by atoms with Gasteiger partial charge >= 0.3 is 0 Å². The van der Waals surface area contributed by atoms with Gasteiger partial charge in [-0.2, -0.15) is 5.26 Å². The first-order valence-corrected chi connectivity index (χ1v) is 7.24. The quantitative estimate of drug-likeness (QED) is 0.812. The van der Waals surface area contributed by atoms with Crippen molar-refractivity contribution in [2.75, 3.05) is 0 Å². The summed E-state index contributed by atoms with van der Waals surface area (Å²) in [6.07, 6.45) is 2.52. The number of halogens is 2. The number of hydrogen-bond donors (Lipinski definition) is 0. The number of aromatic nitrogens is 2. The maximum absolute atomic E-state index is 12.8. The highest BCUT2D eigenvalue weighted by molar-refractivity contribution is 7.92. The van der Waals surface area contributed by atoms with Crippen LogP contribution in [0.5, 0.6) is 0 Å². The number of hydrogen-bond acceptors (Lipinski definition) is 5. The minimum Gasteiger partial charge on any atom is -0.254 e. The first-order valence-electron chi connectivity index (χ1n) is 5.32. The average molecular weight is 312 g/mol. The standard InChI is InChI=1S/C12H7ClFN3O2S/c13-12-11(16-5-6-17-12)10(7-15)20(18,19)9-3-1-8(14)2-4-9/h1-6,10H/t10-/m0/s1. The van der Waals surface area contributed by atoms with Crippen LogP contribution < -0.4 is 0 Å². The Hall–Kier alpha value is -2.04. The molecule has 1 heterocycles. The molecule has 0 spiro atoms. The van der Waals surface area contributed by atoms with E-state index in [1.807, 2.05) is 0 Å². The monoisotopic (exact) mass is 311 g/mol. The number of sulfone groups is 1. The summed E-state index contributed by atoms with van der Waals surface area (Å²) in [6.45, 7) is 0. The maximum Gasteiger partial charge on any atom is 0.200 e. The Morgan fingerprint density at radius 3 is 2.35 bits per heavy atom. The molecule has 0 unspecified atom stereocenters. The van der Waals surface area contributed by atoms with Gasteiger partial charge in [0.1, 0.15) is 11.5 Å². The molecule has 0 radical (unpaired) electrons. The summed E-state index contributed by atoms with van der Waals surface area (Å²) < 4.78 is 37.6. The van der Waals surface area contributed by atoms with Crippen molar-refractivity contribution in [2.24, 2.45) is 0 Å². The van der Waals surface area contributed by atoms with Crippen LogP contribution >= 0.6 is 11.6 Å². The molecule has 2 aromatic rings. The van der Waals surface area contributed by atoms with Crippen molar-refractivity contribution in [3.05, 3.63) is 53.3 Å². The molecule has 2 rings (SSSR count). The van der Waals surface area contributed by atoms with Crippen molar-refractivity contribution in [3.63, 3.8) is 0 Å². The van der Waals surface area contributed by atoms with Gasteiger partial charge in [-0.3, -0.25) is 4.98 Å². The Morgan fingerprint density at radius 1 is 1.20 bits per heavy atom. The molecule has 0 bridgehead atoms. The van der Waals surface area contributed by atoms with Crippen LogP contribution in [-0.2, 0) is 9.84 Å². The molecular weight excluding hydrogens is 305 g/mol. The van der Waals surface area contributed by atoms with E-state index in [0.717, 1.165) is 24.3 Å². The number of nitriles is 1. The van der Waals surface area contributed by atoms with Crippen molar-refractivity contribution in [1.82, 2.24) is 9.97 Å². The summed E-state index contributed by atoms with van der Waals surface area (Å²) in [4.78, 5) is 7.30. The SMILES string of the molecule is N#C[C@@H](c1nccnc1Cl)S(=O)(=O)c1ccc(F)cc1. The second kappa shape index (κ2) is 5.53. The molecule has 0 aliphatic rings. The molecule has 0 aliphatic carbocycles. The van der Waals surface area contributed by atoms with Crippen molar-refractivity contribution in [2.45, 2.75) is 10.1 Å². The molecule has 1 atom stereocenters. The summed E-state index contributed by atoms with van der Waals surface area (Å²) in [5, 5.41) is 7.36. The van der Waals surface area contributed by atoms with Gasteiger partial charge in [0.25, 0.3) is 0 Å². The lowest BCUT2D eigenvalue weighted by molar-refractivity contribution is 0.589. The van der Waals surface area contributed by atoms with E-state index in [-0.39, 0.29) is 15.7 Å². The van der Waals surface area contributed by atoms with Crippen LogP contribution in [0.2, 0.25) is 5.15 Å². The summed E-state index contributed by atoms with van der Waals surface area (Å²) in [5.41, 5.74) is -0.152. The van der Waals surface area contributed by atoms with Crippen molar-refractivity contribution in [3.8, 4) is 6.07 Å². The highest BCUT2D eigenvalue weighted by atomic mass is 35.5. The highest BCUT2D eigenvalue weighted by Gasteiger charge is 2.32. The van der Waals surface area contributed by atoms with Crippen LogP contribution in [0.3, 0.4) is 0 Å². The molecule has 0 saturated heterocycles. The minimum atomic E-state index is -4.06. The topological polar surface area (TPSA) is 83.7 Å². The Labute approximate surface area is 119 Å². The fourth-order valence-corrected chi connectivity index (χ4v) is 3.22. The van der Waals surface area contributed by atoms with E-state index in [2.05, 4.69) is 9.97 Å². The third-order valence-corrected chi connectivity index (χ3v) is 4.67. The largest absolute Gasteiger partial charge is 0.254 e. The fourth-order valence-electron chi connectivity index (χ4n) is 1.55. The molecule has 0 saturated carbocycles. The third-order valence-electron chi connectivity index (χ3n) is 2.50. The summed E-state index contributed by atoms with van der Waals surface area (Å²) in [6, 6.07) is 5.81. The first-order chi connectivity index (χ1) is 9.46. The molecule has 0 N–H and O–H groups in total. The zero-order valence-corrected chi connectivity index (χ0v) is 11.4. The Bertz CT molecular complexity index is 772. The lowest BCUT2D eigenvalue weighted by Gasteiger charge is -2.11.